The van der Waals surface area contributed by atoms with Crippen molar-refractivity contribution in [3.05, 3.63) is 48.3 Å². The third-order valence-electron chi connectivity index (χ3n) is 3.13. The van der Waals surface area contributed by atoms with Gasteiger partial charge in [-0.3, -0.25) is 0 Å². The Morgan fingerprint density at radius 3 is 2.63 bits per heavy atom. The van der Waals surface area contributed by atoms with Crippen LogP contribution in [0.15, 0.2) is 42.7 Å². The maximum absolute atomic E-state index is 4.18. The molecule has 4 nitrogen and oxygen atoms in total. The number of aryl methyl sites for hydroxylation is 1. The molecule has 0 radical (unpaired) electrons. The normalized spacial score (nSPS) is 10.6. The first kappa shape index (κ1) is 11.6. The zero-order valence-electron chi connectivity index (χ0n) is 10.9. The van der Waals surface area contributed by atoms with E-state index >= 15 is 0 Å². The van der Waals surface area contributed by atoms with E-state index in [1.807, 2.05) is 13.1 Å². The highest BCUT2D eigenvalue weighted by atomic mass is 15.2. The number of aromatic nitrogens is 3. The van der Waals surface area contributed by atoms with E-state index < -0.39 is 0 Å². The monoisotopic (exact) mass is 250 g/mol. The molecular formula is C15H14N4. The number of nitrogens with one attached hydrogen (secondary N) is 1. The van der Waals surface area contributed by atoms with Crippen molar-refractivity contribution >= 4 is 16.6 Å². The molecule has 3 aromatic rings. The van der Waals surface area contributed by atoms with Gasteiger partial charge >= 0.3 is 0 Å². The number of nitrogens with zero attached hydrogens (tertiary/aromatic N) is 3. The topological polar surface area (TPSA) is 50.7 Å². The van der Waals surface area contributed by atoms with Crippen molar-refractivity contribution < 1.29 is 0 Å². The zero-order valence-corrected chi connectivity index (χ0v) is 10.9. The van der Waals surface area contributed by atoms with Gasteiger partial charge in [-0.2, -0.15) is 0 Å². The van der Waals surface area contributed by atoms with E-state index in [1.54, 1.807) is 0 Å². The Balaban J connectivity index is 2.18. The molecule has 94 valence electrons. The van der Waals surface area contributed by atoms with Gasteiger partial charge in [0.25, 0.3) is 0 Å². The van der Waals surface area contributed by atoms with Gasteiger partial charge in [0.05, 0.1) is 0 Å². The van der Waals surface area contributed by atoms with Crippen LogP contribution in [0, 0.1) is 6.92 Å². The number of rotatable bonds is 2. The minimum Gasteiger partial charge on any atom is -0.371 e. The molecular weight excluding hydrogens is 236 g/mol. The van der Waals surface area contributed by atoms with Crippen molar-refractivity contribution in [3.63, 3.8) is 0 Å². The highest BCUT2D eigenvalue weighted by Crippen LogP contribution is 2.26. The van der Waals surface area contributed by atoms with E-state index in [4.69, 9.17) is 0 Å². The van der Waals surface area contributed by atoms with E-state index in [-0.39, 0.29) is 0 Å². The van der Waals surface area contributed by atoms with Gasteiger partial charge in [-0.1, -0.05) is 35.9 Å². The van der Waals surface area contributed by atoms with Crippen LogP contribution in [-0.2, 0) is 0 Å². The van der Waals surface area contributed by atoms with Crippen LogP contribution < -0.4 is 5.32 Å². The molecule has 3 rings (SSSR count). The van der Waals surface area contributed by atoms with Crippen molar-refractivity contribution in [3.8, 4) is 11.3 Å². The highest BCUT2D eigenvalue weighted by Gasteiger charge is 2.07. The lowest BCUT2D eigenvalue weighted by Gasteiger charge is -2.07. The number of benzene rings is 2. The summed E-state index contributed by atoms with van der Waals surface area (Å²) in [7, 11) is 1.83. The average molecular weight is 250 g/mol. The molecule has 0 fully saturated rings. The minimum atomic E-state index is 0.737. The maximum Gasteiger partial charge on any atom is 0.156 e. The molecule has 0 unspecified atom stereocenters. The van der Waals surface area contributed by atoms with Crippen LogP contribution in [0.2, 0.25) is 0 Å². The van der Waals surface area contributed by atoms with Crippen LogP contribution in [0.1, 0.15) is 5.56 Å². The predicted molar refractivity (Wildman–Crippen MR) is 77.1 cm³/mol. The Hall–Kier alpha value is -2.49. The third-order valence-corrected chi connectivity index (χ3v) is 3.13. The van der Waals surface area contributed by atoms with Crippen molar-refractivity contribution in [1.29, 1.82) is 0 Å². The van der Waals surface area contributed by atoms with Gasteiger partial charge < -0.3 is 5.32 Å². The summed E-state index contributed by atoms with van der Waals surface area (Å²) in [4.78, 5) is 4.18. The standard InChI is InChI=1S/C15H14N4/c1-10-3-4-12-8-13(6-5-11(12)7-10)14-15(16-2)17-9-18-19-14/h3-9H,1-2H3,(H,16,17,18). The van der Waals surface area contributed by atoms with Crippen molar-refractivity contribution in [2.45, 2.75) is 6.92 Å². The lowest BCUT2D eigenvalue weighted by molar-refractivity contribution is 0.978. The van der Waals surface area contributed by atoms with Gasteiger partial charge in [-0.25, -0.2) is 4.98 Å². The molecule has 0 bridgehead atoms. The lowest BCUT2D eigenvalue weighted by Crippen LogP contribution is -1.99. The summed E-state index contributed by atoms with van der Waals surface area (Å²) in [6.45, 7) is 2.10. The Kier molecular flexibility index (Phi) is 2.83. The van der Waals surface area contributed by atoms with Crippen LogP contribution in [0.3, 0.4) is 0 Å². The summed E-state index contributed by atoms with van der Waals surface area (Å²) in [5, 5.41) is 13.5. The molecule has 0 aliphatic heterocycles. The molecule has 0 saturated carbocycles. The number of hydrogen-bond acceptors (Lipinski definition) is 4. The average Bonchev–Trinajstić information content (AvgIpc) is 2.46. The highest BCUT2D eigenvalue weighted by molar-refractivity contribution is 5.88. The van der Waals surface area contributed by atoms with Gasteiger partial charge in [0.2, 0.25) is 0 Å². The Morgan fingerprint density at radius 1 is 1.00 bits per heavy atom. The molecule has 0 atom stereocenters. The summed E-state index contributed by atoms with van der Waals surface area (Å²) < 4.78 is 0. The lowest BCUT2D eigenvalue weighted by atomic mass is 10.0. The summed E-state index contributed by atoms with van der Waals surface area (Å²) in [6.07, 6.45) is 1.44. The fourth-order valence-electron chi connectivity index (χ4n) is 2.17. The van der Waals surface area contributed by atoms with Crippen LogP contribution in [-0.4, -0.2) is 22.2 Å². The third kappa shape index (κ3) is 2.12. The minimum absolute atomic E-state index is 0.737. The molecule has 0 amide bonds. The smallest absolute Gasteiger partial charge is 0.156 e. The number of hydrogen-bond donors (Lipinski definition) is 1. The second-order valence-electron chi connectivity index (χ2n) is 4.47. The molecule has 0 aliphatic carbocycles. The van der Waals surface area contributed by atoms with Gasteiger partial charge in [-0.05, 0) is 23.8 Å². The van der Waals surface area contributed by atoms with E-state index in [0.717, 1.165) is 17.1 Å². The first-order chi connectivity index (χ1) is 9.28. The largest absolute Gasteiger partial charge is 0.371 e. The fourth-order valence-corrected chi connectivity index (χ4v) is 2.17. The molecule has 1 aromatic heterocycles. The molecule has 0 spiro atoms. The Morgan fingerprint density at radius 2 is 1.79 bits per heavy atom. The molecule has 1 heterocycles. The molecule has 0 saturated heterocycles. The Labute approximate surface area is 111 Å². The zero-order chi connectivity index (χ0) is 13.2. The first-order valence-electron chi connectivity index (χ1n) is 6.14. The van der Waals surface area contributed by atoms with E-state index in [1.165, 1.54) is 22.7 Å². The second kappa shape index (κ2) is 4.65. The van der Waals surface area contributed by atoms with Gasteiger partial charge in [-0.15, -0.1) is 10.2 Å². The van der Waals surface area contributed by atoms with Gasteiger partial charge in [0.1, 0.15) is 12.0 Å². The fraction of sp³-hybridized carbons (Fsp3) is 0.133. The van der Waals surface area contributed by atoms with Crippen molar-refractivity contribution in [2.75, 3.05) is 12.4 Å². The molecule has 1 N–H and O–H groups in total. The number of fused-ring (bicyclic) bond motifs is 1. The van der Waals surface area contributed by atoms with Crippen LogP contribution in [0.25, 0.3) is 22.0 Å². The van der Waals surface area contributed by atoms with E-state index in [2.05, 4.69) is 57.8 Å². The van der Waals surface area contributed by atoms with E-state index in [9.17, 15) is 0 Å². The van der Waals surface area contributed by atoms with Crippen LogP contribution >= 0.6 is 0 Å². The quantitative estimate of drug-likeness (QED) is 0.759. The first-order valence-corrected chi connectivity index (χ1v) is 6.14. The summed E-state index contributed by atoms with van der Waals surface area (Å²) in [5.74, 6) is 0.737. The Bertz CT molecular complexity index is 737. The molecule has 2 aromatic carbocycles. The van der Waals surface area contributed by atoms with Crippen molar-refractivity contribution in [1.82, 2.24) is 15.2 Å². The number of anilines is 1. The summed E-state index contributed by atoms with van der Waals surface area (Å²) >= 11 is 0. The maximum atomic E-state index is 4.18. The predicted octanol–water partition coefficient (Wildman–Crippen LogP) is 3.04. The van der Waals surface area contributed by atoms with Gasteiger partial charge in [0, 0.05) is 12.6 Å². The van der Waals surface area contributed by atoms with Crippen LogP contribution in [0.5, 0.6) is 0 Å². The summed E-state index contributed by atoms with van der Waals surface area (Å²) in [6, 6.07) is 12.7. The van der Waals surface area contributed by atoms with Gasteiger partial charge in [0.15, 0.2) is 5.82 Å². The molecule has 0 aliphatic rings. The SMILES string of the molecule is CNc1ncnnc1-c1ccc2cc(C)ccc2c1. The van der Waals surface area contributed by atoms with Crippen molar-refractivity contribution in [2.24, 2.45) is 0 Å². The molecule has 19 heavy (non-hydrogen) atoms. The van der Waals surface area contributed by atoms with Crippen LogP contribution in [0.4, 0.5) is 5.82 Å². The van der Waals surface area contributed by atoms with E-state index in [0.29, 0.717) is 0 Å². The summed E-state index contributed by atoms with van der Waals surface area (Å²) in [5.41, 5.74) is 3.05. The second-order valence-corrected chi connectivity index (χ2v) is 4.47. The molecule has 4 heteroatoms.